The fourth-order valence-electron chi connectivity index (χ4n) is 3.17. The monoisotopic (exact) mass is 395 g/mol. The normalized spacial score (nSPS) is 17.1. The molecule has 1 unspecified atom stereocenters. The number of aryl methyl sites for hydroxylation is 1. The van der Waals surface area contributed by atoms with Gasteiger partial charge in [-0.2, -0.15) is 0 Å². The number of hydrogen-bond acceptors (Lipinski definition) is 5. The van der Waals surface area contributed by atoms with Crippen molar-refractivity contribution in [1.82, 2.24) is 15.2 Å². The zero-order chi connectivity index (χ0) is 20.2. The molecule has 1 aliphatic rings. The highest BCUT2D eigenvalue weighted by Crippen LogP contribution is 2.26. The Hall–Kier alpha value is -1.63. The highest BCUT2D eigenvalue weighted by Gasteiger charge is 2.31. The molecule has 1 aromatic rings. The van der Waals surface area contributed by atoms with E-state index >= 15 is 0 Å². The van der Waals surface area contributed by atoms with Gasteiger partial charge in [0, 0.05) is 30.1 Å². The third-order valence-electron chi connectivity index (χ3n) is 4.48. The van der Waals surface area contributed by atoms with Crippen molar-refractivity contribution < 1.29 is 14.3 Å². The number of carbonyl (C=O) groups excluding carboxylic acids is 2. The van der Waals surface area contributed by atoms with Gasteiger partial charge in [0.25, 0.3) is 0 Å². The van der Waals surface area contributed by atoms with Gasteiger partial charge < -0.3 is 15.0 Å². The highest BCUT2D eigenvalue weighted by atomic mass is 32.1. The van der Waals surface area contributed by atoms with Gasteiger partial charge in [-0.1, -0.05) is 13.8 Å². The second kappa shape index (κ2) is 9.04. The summed E-state index contributed by atoms with van der Waals surface area (Å²) in [5, 5.41) is 6.20. The number of nitrogens with zero attached hydrogens (tertiary/aromatic N) is 2. The first kappa shape index (κ1) is 21.7. The van der Waals surface area contributed by atoms with E-state index in [9.17, 15) is 9.59 Å². The van der Waals surface area contributed by atoms with Crippen molar-refractivity contribution >= 4 is 23.3 Å². The number of hydrogen-bond donors (Lipinski definition) is 1. The molecule has 1 aliphatic heterocycles. The van der Waals surface area contributed by atoms with E-state index in [2.05, 4.69) is 24.1 Å². The van der Waals surface area contributed by atoms with Crippen LogP contribution in [0.1, 0.15) is 70.6 Å². The smallest absolute Gasteiger partial charge is 0.410 e. The topological polar surface area (TPSA) is 71.5 Å². The zero-order valence-electron chi connectivity index (χ0n) is 17.4. The lowest BCUT2D eigenvalue weighted by Crippen LogP contribution is -2.45. The SMILES string of the molecule is Cc1csc(C(CC(C)C)NC(=O)C2CCN(C(=O)OC(C)(C)C)CC2)n1. The average molecular weight is 396 g/mol. The molecular weight excluding hydrogens is 362 g/mol. The first-order chi connectivity index (χ1) is 12.5. The van der Waals surface area contributed by atoms with Gasteiger partial charge in [0.15, 0.2) is 0 Å². The van der Waals surface area contributed by atoms with Crippen LogP contribution in [0, 0.1) is 18.8 Å². The molecule has 1 atom stereocenters. The minimum absolute atomic E-state index is 0.0416. The van der Waals surface area contributed by atoms with Crippen LogP contribution >= 0.6 is 11.3 Å². The predicted octanol–water partition coefficient (Wildman–Crippen LogP) is 4.30. The predicted molar refractivity (Wildman–Crippen MR) is 108 cm³/mol. The Kier molecular flexibility index (Phi) is 7.25. The van der Waals surface area contributed by atoms with Gasteiger partial charge >= 0.3 is 6.09 Å². The largest absolute Gasteiger partial charge is 0.444 e. The molecule has 0 spiro atoms. The summed E-state index contributed by atoms with van der Waals surface area (Å²) in [4.78, 5) is 31.2. The van der Waals surface area contributed by atoms with Crippen molar-refractivity contribution in [2.24, 2.45) is 11.8 Å². The quantitative estimate of drug-likeness (QED) is 0.807. The van der Waals surface area contributed by atoms with E-state index in [-0.39, 0.29) is 24.0 Å². The Bertz CT molecular complexity index is 643. The molecule has 7 heteroatoms. The molecule has 1 fully saturated rings. The number of nitrogens with one attached hydrogen (secondary N) is 1. The van der Waals surface area contributed by atoms with Gasteiger partial charge in [0.2, 0.25) is 5.91 Å². The Balaban J connectivity index is 1.91. The van der Waals surface area contributed by atoms with E-state index in [1.54, 1.807) is 16.2 Å². The number of piperidine rings is 1. The first-order valence-corrected chi connectivity index (χ1v) is 10.6. The molecule has 2 heterocycles. The van der Waals surface area contributed by atoms with Crippen molar-refractivity contribution in [3.63, 3.8) is 0 Å². The molecule has 0 bridgehead atoms. The van der Waals surface area contributed by atoms with Gasteiger partial charge in [-0.05, 0) is 52.9 Å². The molecule has 27 heavy (non-hydrogen) atoms. The van der Waals surface area contributed by atoms with Crippen LogP contribution in [-0.2, 0) is 9.53 Å². The van der Waals surface area contributed by atoms with E-state index in [4.69, 9.17) is 4.74 Å². The lowest BCUT2D eigenvalue weighted by molar-refractivity contribution is -0.127. The minimum Gasteiger partial charge on any atom is -0.444 e. The maximum atomic E-state index is 12.8. The molecular formula is C20H33N3O3S. The van der Waals surface area contributed by atoms with Crippen molar-refractivity contribution in [2.75, 3.05) is 13.1 Å². The van der Waals surface area contributed by atoms with E-state index in [1.165, 1.54) is 0 Å². The minimum atomic E-state index is -0.499. The molecule has 2 amide bonds. The molecule has 1 N–H and O–H groups in total. The summed E-state index contributed by atoms with van der Waals surface area (Å²) in [5.41, 5.74) is 0.491. The fourth-order valence-corrected chi connectivity index (χ4v) is 4.03. The number of aromatic nitrogens is 1. The summed E-state index contributed by atoms with van der Waals surface area (Å²) in [6.07, 6.45) is 1.90. The van der Waals surface area contributed by atoms with Gasteiger partial charge in [0.05, 0.1) is 6.04 Å². The number of thiazole rings is 1. The van der Waals surface area contributed by atoms with Gasteiger partial charge in [-0.15, -0.1) is 11.3 Å². The van der Waals surface area contributed by atoms with Crippen molar-refractivity contribution in [3.05, 3.63) is 16.1 Å². The molecule has 1 saturated heterocycles. The molecule has 1 aromatic heterocycles. The van der Waals surface area contributed by atoms with Gasteiger partial charge in [0.1, 0.15) is 10.6 Å². The third-order valence-corrected chi connectivity index (χ3v) is 5.55. The van der Waals surface area contributed by atoms with E-state index in [1.807, 2.05) is 33.1 Å². The second-order valence-electron chi connectivity index (χ2n) is 8.76. The summed E-state index contributed by atoms with van der Waals surface area (Å²) in [5.74, 6) is 0.463. The summed E-state index contributed by atoms with van der Waals surface area (Å²) in [7, 11) is 0. The van der Waals surface area contributed by atoms with Crippen molar-refractivity contribution in [1.29, 1.82) is 0 Å². The lowest BCUT2D eigenvalue weighted by atomic mass is 9.95. The maximum Gasteiger partial charge on any atom is 0.410 e. The Morgan fingerprint density at radius 2 is 1.96 bits per heavy atom. The Morgan fingerprint density at radius 3 is 2.44 bits per heavy atom. The third kappa shape index (κ3) is 6.79. The molecule has 152 valence electrons. The van der Waals surface area contributed by atoms with Crippen LogP contribution in [-0.4, -0.2) is 40.6 Å². The molecule has 0 aromatic carbocycles. The van der Waals surface area contributed by atoms with Crippen LogP contribution in [0.2, 0.25) is 0 Å². The van der Waals surface area contributed by atoms with Crippen molar-refractivity contribution in [2.45, 2.75) is 72.4 Å². The van der Waals surface area contributed by atoms with Crippen LogP contribution in [0.3, 0.4) is 0 Å². The fraction of sp³-hybridized carbons (Fsp3) is 0.750. The number of amides is 2. The number of ether oxygens (including phenoxy) is 1. The summed E-state index contributed by atoms with van der Waals surface area (Å²) in [6.45, 7) is 13.0. The van der Waals surface area contributed by atoms with Crippen LogP contribution in [0.15, 0.2) is 5.38 Å². The number of rotatable bonds is 5. The molecule has 2 rings (SSSR count). The Labute approximate surface area is 166 Å². The second-order valence-corrected chi connectivity index (χ2v) is 9.65. The molecule has 6 nitrogen and oxygen atoms in total. The van der Waals surface area contributed by atoms with Crippen LogP contribution < -0.4 is 5.32 Å². The lowest BCUT2D eigenvalue weighted by Gasteiger charge is -2.33. The van der Waals surface area contributed by atoms with E-state index in [0.29, 0.717) is 31.8 Å². The zero-order valence-corrected chi connectivity index (χ0v) is 18.2. The number of likely N-dealkylation sites (tertiary alicyclic amines) is 1. The first-order valence-electron chi connectivity index (χ1n) is 9.75. The van der Waals surface area contributed by atoms with Crippen LogP contribution in [0.5, 0.6) is 0 Å². The summed E-state index contributed by atoms with van der Waals surface area (Å²) < 4.78 is 5.42. The Morgan fingerprint density at radius 1 is 1.33 bits per heavy atom. The highest BCUT2D eigenvalue weighted by molar-refractivity contribution is 7.09. The standard InChI is InChI=1S/C20H33N3O3S/c1-13(2)11-16(18-21-14(3)12-27-18)22-17(24)15-7-9-23(10-8-15)19(25)26-20(4,5)6/h12-13,15-16H,7-11H2,1-6H3,(H,22,24). The summed E-state index contributed by atoms with van der Waals surface area (Å²) in [6, 6.07) is -0.0416. The summed E-state index contributed by atoms with van der Waals surface area (Å²) >= 11 is 1.60. The molecule has 0 radical (unpaired) electrons. The van der Waals surface area contributed by atoms with E-state index in [0.717, 1.165) is 17.1 Å². The maximum absolute atomic E-state index is 12.8. The number of carbonyl (C=O) groups is 2. The van der Waals surface area contributed by atoms with Gasteiger partial charge in [-0.3, -0.25) is 4.79 Å². The molecule has 0 saturated carbocycles. The van der Waals surface area contributed by atoms with Crippen molar-refractivity contribution in [3.8, 4) is 0 Å². The molecule has 0 aliphatic carbocycles. The van der Waals surface area contributed by atoms with E-state index < -0.39 is 5.60 Å². The van der Waals surface area contributed by atoms with Gasteiger partial charge in [-0.25, -0.2) is 9.78 Å². The van der Waals surface area contributed by atoms with Crippen LogP contribution in [0.4, 0.5) is 4.79 Å². The average Bonchev–Trinajstić information content (AvgIpc) is 2.99. The van der Waals surface area contributed by atoms with Crippen LogP contribution in [0.25, 0.3) is 0 Å².